The zero-order valence-electron chi connectivity index (χ0n) is 12.0. The van der Waals surface area contributed by atoms with E-state index in [9.17, 15) is 0 Å². The van der Waals surface area contributed by atoms with Crippen molar-refractivity contribution in [3.05, 3.63) is 39.7 Å². The molecule has 0 radical (unpaired) electrons. The van der Waals surface area contributed by atoms with Crippen molar-refractivity contribution in [1.29, 1.82) is 5.26 Å². The van der Waals surface area contributed by atoms with E-state index in [0.717, 1.165) is 26.2 Å². The highest BCUT2D eigenvalue weighted by Crippen LogP contribution is 2.37. The second-order valence-electron chi connectivity index (χ2n) is 5.85. The molecule has 0 saturated carbocycles. The van der Waals surface area contributed by atoms with Gasteiger partial charge < -0.3 is 4.57 Å². The third-order valence-corrected chi connectivity index (χ3v) is 5.11. The van der Waals surface area contributed by atoms with E-state index in [4.69, 9.17) is 10.2 Å². The van der Waals surface area contributed by atoms with Crippen LogP contribution in [0.15, 0.2) is 34.1 Å². The van der Waals surface area contributed by atoms with Gasteiger partial charge in [0.2, 0.25) is 0 Å². The number of thiophene rings is 1. The molecule has 3 aromatic rings. The second-order valence-corrected chi connectivity index (χ2v) is 7.63. The van der Waals surface area contributed by atoms with E-state index in [2.05, 4.69) is 47.3 Å². The molecule has 0 atom stereocenters. The number of aromatic nitrogens is 2. The normalized spacial score (nSPS) is 11.8. The Labute approximate surface area is 136 Å². The van der Waals surface area contributed by atoms with Gasteiger partial charge in [-0.2, -0.15) is 5.26 Å². The molecule has 21 heavy (non-hydrogen) atoms. The molecule has 3 rings (SSSR count). The summed E-state index contributed by atoms with van der Waals surface area (Å²) in [6.07, 6.45) is 0. The summed E-state index contributed by atoms with van der Waals surface area (Å²) < 4.78 is 3.29. The minimum atomic E-state index is -0.0956. The summed E-state index contributed by atoms with van der Waals surface area (Å²) in [5.74, 6) is 0.939. The molecule has 1 aromatic carbocycles. The van der Waals surface area contributed by atoms with E-state index in [-0.39, 0.29) is 5.54 Å². The van der Waals surface area contributed by atoms with Crippen LogP contribution in [-0.2, 0) is 5.54 Å². The van der Waals surface area contributed by atoms with Gasteiger partial charge >= 0.3 is 0 Å². The van der Waals surface area contributed by atoms with Crippen molar-refractivity contribution in [3.63, 3.8) is 0 Å². The molecule has 0 fully saturated rings. The Morgan fingerprint density at radius 2 is 2.05 bits per heavy atom. The van der Waals surface area contributed by atoms with Gasteiger partial charge in [0, 0.05) is 10.0 Å². The first-order chi connectivity index (χ1) is 9.91. The fourth-order valence-electron chi connectivity index (χ4n) is 2.43. The van der Waals surface area contributed by atoms with Crippen molar-refractivity contribution < 1.29 is 0 Å². The van der Waals surface area contributed by atoms with Crippen LogP contribution in [0.5, 0.6) is 0 Å². The van der Waals surface area contributed by atoms with Gasteiger partial charge in [-0.3, -0.25) is 0 Å². The first-order valence-electron chi connectivity index (χ1n) is 6.58. The average Bonchev–Trinajstić information content (AvgIpc) is 2.99. The zero-order valence-corrected chi connectivity index (χ0v) is 14.4. The van der Waals surface area contributed by atoms with Gasteiger partial charge in [0.25, 0.3) is 0 Å². The summed E-state index contributed by atoms with van der Waals surface area (Å²) in [6.45, 7) is 6.49. The summed E-state index contributed by atoms with van der Waals surface area (Å²) in [5, 5.41) is 11.1. The monoisotopic (exact) mass is 359 g/mol. The Hall–Kier alpha value is -1.64. The van der Waals surface area contributed by atoms with E-state index in [1.807, 2.05) is 29.6 Å². The molecule has 0 saturated heterocycles. The molecule has 2 heterocycles. The van der Waals surface area contributed by atoms with E-state index >= 15 is 0 Å². The van der Waals surface area contributed by atoms with Crippen molar-refractivity contribution in [1.82, 2.24) is 9.55 Å². The first-order valence-corrected chi connectivity index (χ1v) is 8.25. The van der Waals surface area contributed by atoms with Crippen LogP contribution >= 0.6 is 27.3 Å². The highest BCUT2D eigenvalue weighted by Gasteiger charge is 2.24. The molecule has 0 aliphatic rings. The number of nitrogens with zero attached hydrogens (tertiary/aromatic N) is 3. The van der Waals surface area contributed by atoms with Crippen molar-refractivity contribution in [2.75, 3.05) is 0 Å². The molecule has 0 bridgehead atoms. The lowest BCUT2D eigenvalue weighted by molar-refractivity contribution is 0.413. The predicted molar refractivity (Wildman–Crippen MR) is 90.5 cm³/mol. The molecule has 3 nitrogen and oxygen atoms in total. The molecule has 5 heteroatoms. The molecule has 0 aliphatic heterocycles. The van der Waals surface area contributed by atoms with E-state index in [1.54, 1.807) is 11.3 Å². The molecular weight excluding hydrogens is 346 g/mol. The summed E-state index contributed by atoms with van der Waals surface area (Å²) >= 11 is 5.26. The number of halogens is 1. The number of nitriles is 1. The Bertz CT molecular complexity index is 862. The van der Waals surface area contributed by atoms with E-state index in [1.165, 1.54) is 0 Å². The Morgan fingerprint density at radius 1 is 1.29 bits per heavy atom. The standard InChI is InChI=1S/C16H14BrN3S/c1-16(2,3)20-13-5-4-10(9-18)8-12(13)19-15(20)14-11(17)6-7-21-14/h4-8H,1-3H3. The van der Waals surface area contributed by atoms with Crippen LogP contribution in [0.4, 0.5) is 0 Å². The number of rotatable bonds is 1. The fraction of sp³-hybridized carbons (Fsp3) is 0.250. The number of hydrogen-bond acceptors (Lipinski definition) is 3. The minimum absolute atomic E-state index is 0.0956. The van der Waals surface area contributed by atoms with E-state index in [0.29, 0.717) is 5.56 Å². The fourth-order valence-corrected chi connectivity index (χ4v) is 3.96. The molecule has 106 valence electrons. The van der Waals surface area contributed by atoms with Crippen LogP contribution < -0.4 is 0 Å². The second kappa shape index (κ2) is 4.97. The average molecular weight is 360 g/mol. The Kier molecular flexibility index (Phi) is 3.39. The molecule has 0 unspecified atom stereocenters. The molecule has 0 amide bonds. The third kappa shape index (κ3) is 2.39. The van der Waals surface area contributed by atoms with Crippen LogP contribution in [0, 0.1) is 11.3 Å². The van der Waals surface area contributed by atoms with Crippen molar-refractivity contribution in [3.8, 4) is 16.8 Å². The first kappa shape index (κ1) is 14.3. The van der Waals surface area contributed by atoms with Gasteiger partial charge in [-0.1, -0.05) is 0 Å². The lowest BCUT2D eigenvalue weighted by Crippen LogP contribution is -2.22. The summed E-state index contributed by atoms with van der Waals surface area (Å²) in [5.41, 5.74) is 2.45. The maximum atomic E-state index is 9.07. The van der Waals surface area contributed by atoms with E-state index < -0.39 is 0 Å². The Morgan fingerprint density at radius 3 is 2.62 bits per heavy atom. The van der Waals surface area contributed by atoms with Crippen LogP contribution in [-0.4, -0.2) is 9.55 Å². The predicted octanol–water partition coefficient (Wildman–Crippen LogP) is 5.15. The minimum Gasteiger partial charge on any atom is -0.318 e. The van der Waals surface area contributed by atoms with Crippen LogP contribution in [0.3, 0.4) is 0 Å². The summed E-state index contributed by atoms with van der Waals surface area (Å²) in [4.78, 5) is 5.89. The molecule has 2 aromatic heterocycles. The van der Waals surface area contributed by atoms with Gasteiger partial charge in [0.05, 0.1) is 27.5 Å². The van der Waals surface area contributed by atoms with Crippen LogP contribution in [0.1, 0.15) is 26.3 Å². The van der Waals surface area contributed by atoms with Gasteiger partial charge in [0.15, 0.2) is 5.82 Å². The number of imidazole rings is 1. The van der Waals surface area contributed by atoms with Crippen molar-refractivity contribution in [2.24, 2.45) is 0 Å². The quantitative estimate of drug-likeness (QED) is 0.602. The molecule has 0 N–H and O–H groups in total. The van der Waals surface area contributed by atoms with Crippen LogP contribution in [0.25, 0.3) is 21.7 Å². The van der Waals surface area contributed by atoms with Crippen LogP contribution in [0.2, 0.25) is 0 Å². The molecule has 0 aliphatic carbocycles. The number of fused-ring (bicyclic) bond motifs is 1. The SMILES string of the molecule is CC(C)(C)n1c(-c2sccc2Br)nc2cc(C#N)ccc21. The smallest absolute Gasteiger partial charge is 0.152 e. The summed E-state index contributed by atoms with van der Waals surface area (Å²) in [7, 11) is 0. The highest BCUT2D eigenvalue weighted by atomic mass is 79.9. The third-order valence-electron chi connectivity index (χ3n) is 3.27. The zero-order chi connectivity index (χ0) is 15.2. The van der Waals surface area contributed by atoms with Gasteiger partial charge in [-0.25, -0.2) is 4.98 Å². The van der Waals surface area contributed by atoms with Gasteiger partial charge in [0.1, 0.15) is 0 Å². The number of hydrogen-bond donors (Lipinski definition) is 0. The largest absolute Gasteiger partial charge is 0.318 e. The van der Waals surface area contributed by atoms with Crippen molar-refractivity contribution in [2.45, 2.75) is 26.3 Å². The van der Waals surface area contributed by atoms with Crippen molar-refractivity contribution >= 4 is 38.3 Å². The van der Waals surface area contributed by atoms with Gasteiger partial charge in [-0.05, 0) is 66.3 Å². The maximum absolute atomic E-state index is 9.07. The highest BCUT2D eigenvalue weighted by molar-refractivity contribution is 9.10. The maximum Gasteiger partial charge on any atom is 0.152 e. The number of benzene rings is 1. The van der Waals surface area contributed by atoms with Gasteiger partial charge in [-0.15, -0.1) is 11.3 Å². The lowest BCUT2D eigenvalue weighted by atomic mass is 10.1. The lowest BCUT2D eigenvalue weighted by Gasteiger charge is -2.24. The molecule has 0 spiro atoms. The Balaban J connectivity index is 2.39. The molecular formula is C16H14BrN3S. The topological polar surface area (TPSA) is 41.6 Å². The summed E-state index contributed by atoms with van der Waals surface area (Å²) in [6, 6.07) is 9.89.